The summed E-state index contributed by atoms with van der Waals surface area (Å²) in [4.78, 5) is 16.9. The molecular formula is C14H19N5. The first-order valence-electron chi connectivity index (χ1n) is 7.03. The minimum Gasteiger partial charge on any atom is -0.354 e. The summed E-state index contributed by atoms with van der Waals surface area (Å²) in [5.74, 6) is 1.09. The second kappa shape index (κ2) is 3.93. The predicted octanol–water partition coefficient (Wildman–Crippen LogP) is 1.63. The van der Waals surface area contributed by atoms with Crippen LogP contribution in [0.25, 0.3) is 11.0 Å². The van der Waals surface area contributed by atoms with Crippen molar-refractivity contribution in [2.45, 2.75) is 24.8 Å². The van der Waals surface area contributed by atoms with Crippen LogP contribution in [-0.4, -0.2) is 52.1 Å². The van der Waals surface area contributed by atoms with Gasteiger partial charge in [0.15, 0.2) is 0 Å². The number of H-pyrrole nitrogens is 1. The highest BCUT2D eigenvalue weighted by Crippen LogP contribution is 2.39. The van der Waals surface area contributed by atoms with Gasteiger partial charge in [-0.05, 0) is 32.4 Å². The van der Waals surface area contributed by atoms with Gasteiger partial charge in [-0.25, -0.2) is 9.97 Å². The highest BCUT2D eigenvalue weighted by atomic mass is 15.3. The summed E-state index contributed by atoms with van der Waals surface area (Å²) < 4.78 is 0. The quantitative estimate of drug-likeness (QED) is 0.843. The number of rotatable bonds is 1. The van der Waals surface area contributed by atoms with Crippen molar-refractivity contribution >= 4 is 16.9 Å². The number of piperidine rings is 1. The van der Waals surface area contributed by atoms with Crippen LogP contribution >= 0.6 is 0 Å². The van der Waals surface area contributed by atoms with Crippen molar-refractivity contribution in [1.29, 1.82) is 0 Å². The van der Waals surface area contributed by atoms with E-state index in [4.69, 9.17) is 0 Å². The fourth-order valence-corrected chi connectivity index (χ4v) is 3.57. The highest BCUT2D eigenvalue weighted by molar-refractivity contribution is 5.87. The molecule has 1 unspecified atom stereocenters. The van der Waals surface area contributed by atoms with Crippen molar-refractivity contribution in [3.05, 3.63) is 18.6 Å². The summed E-state index contributed by atoms with van der Waals surface area (Å²) >= 11 is 0. The minimum atomic E-state index is 0.395. The molecule has 5 nitrogen and oxygen atoms in total. The molecule has 2 fully saturated rings. The van der Waals surface area contributed by atoms with Gasteiger partial charge in [-0.15, -0.1) is 0 Å². The summed E-state index contributed by atoms with van der Waals surface area (Å²) in [5.41, 5.74) is 1.33. The molecule has 0 amide bonds. The number of aromatic amines is 1. The van der Waals surface area contributed by atoms with Crippen LogP contribution in [0.2, 0.25) is 0 Å². The topological polar surface area (TPSA) is 48.1 Å². The van der Waals surface area contributed by atoms with Crippen LogP contribution in [0.3, 0.4) is 0 Å². The van der Waals surface area contributed by atoms with Crippen molar-refractivity contribution < 1.29 is 0 Å². The molecule has 5 heteroatoms. The van der Waals surface area contributed by atoms with Gasteiger partial charge in [0.25, 0.3) is 0 Å². The Kier molecular flexibility index (Phi) is 2.33. The van der Waals surface area contributed by atoms with E-state index in [9.17, 15) is 0 Å². The number of fused-ring (bicyclic) bond motifs is 1. The molecule has 1 atom stereocenters. The monoisotopic (exact) mass is 257 g/mol. The average Bonchev–Trinajstić information content (AvgIpc) is 2.94. The number of hydrogen-bond acceptors (Lipinski definition) is 4. The molecule has 2 aliphatic rings. The van der Waals surface area contributed by atoms with E-state index in [1.54, 1.807) is 6.33 Å². The van der Waals surface area contributed by atoms with E-state index >= 15 is 0 Å². The normalized spacial score (nSPS) is 27.9. The summed E-state index contributed by atoms with van der Waals surface area (Å²) in [6, 6.07) is 2.08. The minimum absolute atomic E-state index is 0.395. The van der Waals surface area contributed by atoms with Gasteiger partial charge in [-0.3, -0.25) is 4.90 Å². The molecular weight excluding hydrogens is 238 g/mol. The Bertz CT molecular complexity index is 607. The molecule has 0 bridgehead atoms. The van der Waals surface area contributed by atoms with Crippen LogP contribution in [0.5, 0.6) is 0 Å². The third-order valence-electron chi connectivity index (χ3n) is 4.91. The van der Waals surface area contributed by atoms with Gasteiger partial charge in [0.1, 0.15) is 17.8 Å². The molecule has 4 heterocycles. The second-order valence-electron chi connectivity index (χ2n) is 5.86. The maximum atomic E-state index is 4.53. The van der Waals surface area contributed by atoms with E-state index < -0.39 is 0 Å². The lowest BCUT2D eigenvalue weighted by atomic mass is 9.78. The van der Waals surface area contributed by atoms with Crippen LogP contribution in [0.1, 0.15) is 19.3 Å². The Hall–Kier alpha value is -1.62. The molecule has 19 heavy (non-hydrogen) atoms. The number of anilines is 1. The number of likely N-dealkylation sites (tertiary alicyclic amines) is 1. The zero-order valence-electron chi connectivity index (χ0n) is 11.3. The second-order valence-corrected chi connectivity index (χ2v) is 5.86. The first-order chi connectivity index (χ1) is 9.28. The average molecular weight is 257 g/mol. The van der Waals surface area contributed by atoms with Crippen LogP contribution in [0, 0.1) is 0 Å². The lowest BCUT2D eigenvalue weighted by Gasteiger charge is -2.56. The van der Waals surface area contributed by atoms with E-state index in [-0.39, 0.29) is 0 Å². The van der Waals surface area contributed by atoms with E-state index in [2.05, 4.69) is 37.9 Å². The summed E-state index contributed by atoms with van der Waals surface area (Å²) in [6.07, 6.45) is 7.50. The van der Waals surface area contributed by atoms with E-state index in [0.717, 1.165) is 29.9 Å². The van der Waals surface area contributed by atoms with Crippen molar-refractivity contribution in [3.63, 3.8) is 0 Å². The van der Waals surface area contributed by atoms with Crippen molar-refractivity contribution in [2.75, 3.05) is 31.6 Å². The molecule has 0 aliphatic carbocycles. The molecule has 2 aliphatic heterocycles. The van der Waals surface area contributed by atoms with Gasteiger partial charge in [0.05, 0.1) is 5.39 Å². The lowest BCUT2D eigenvalue weighted by molar-refractivity contribution is -0.000563. The summed E-state index contributed by atoms with van der Waals surface area (Å²) in [7, 11) is 2.25. The molecule has 2 aromatic rings. The Morgan fingerprint density at radius 3 is 3.00 bits per heavy atom. The van der Waals surface area contributed by atoms with Gasteiger partial charge >= 0.3 is 0 Å². The van der Waals surface area contributed by atoms with Gasteiger partial charge in [-0.1, -0.05) is 0 Å². The summed E-state index contributed by atoms with van der Waals surface area (Å²) in [6.45, 7) is 3.44. The maximum Gasteiger partial charge on any atom is 0.142 e. The Balaban J connectivity index is 1.70. The van der Waals surface area contributed by atoms with E-state index in [1.165, 1.54) is 25.8 Å². The predicted molar refractivity (Wildman–Crippen MR) is 75.3 cm³/mol. The number of aromatic nitrogens is 3. The fourth-order valence-electron chi connectivity index (χ4n) is 3.57. The van der Waals surface area contributed by atoms with Crippen molar-refractivity contribution in [3.8, 4) is 0 Å². The van der Waals surface area contributed by atoms with Crippen LogP contribution in [0.4, 0.5) is 5.82 Å². The molecule has 1 N–H and O–H groups in total. The van der Waals surface area contributed by atoms with E-state index in [1.807, 2.05) is 6.20 Å². The highest BCUT2D eigenvalue weighted by Gasteiger charge is 2.45. The number of hydrogen-bond donors (Lipinski definition) is 1. The third kappa shape index (κ3) is 1.57. The molecule has 0 saturated carbocycles. The fraction of sp³-hybridized carbons (Fsp3) is 0.571. The van der Waals surface area contributed by atoms with Crippen LogP contribution < -0.4 is 4.90 Å². The van der Waals surface area contributed by atoms with Gasteiger partial charge in [0.2, 0.25) is 0 Å². The van der Waals surface area contributed by atoms with Crippen molar-refractivity contribution in [2.24, 2.45) is 0 Å². The smallest absolute Gasteiger partial charge is 0.142 e. The zero-order chi connectivity index (χ0) is 12.9. The van der Waals surface area contributed by atoms with Gasteiger partial charge < -0.3 is 9.88 Å². The molecule has 4 rings (SSSR count). The Labute approximate surface area is 112 Å². The molecule has 2 aromatic heterocycles. The summed E-state index contributed by atoms with van der Waals surface area (Å²) in [5, 5.41) is 1.14. The molecule has 100 valence electrons. The third-order valence-corrected chi connectivity index (χ3v) is 4.91. The van der Waals surface area contributed by atoms with Crippen molar-refractivity contribution in [1.82, 2.24) is 19.9 Å². The first kappa shape index (κ1) is 11.2. The standard InChI is InChI=1S/C14H19N5/c1-18-8-5-14(18)4-2-7-19(9-14)13-11-3-6-15-12(11)16-10-17-13/h3,6,10H,2,4-5,7-9H2,1H3,(H,15,16,17). The maximum absolute atomic E-state index is 4.53. The van der Waals surface area contributed by atoms with Crippen LogP contribution in [-0.2, 0) is 0 Å². The zero-order valence-corrected chi connectivity index (χ0v) is 11.3. The van der Waals surface area contributed by atoms with Gasteiger partial charge in [-0.2, -0.15) is 0 Å². The number of nitrogens with zero attached hydrogens (tertiary/aromatic N) is 4. The number of likely N-dealkylation sites (N-methyl/N-ethyl adjacent to an activating group) is 1. The first-order valence-corrected chi connectivity index (χ1v) is 7.03. The largest absolute Gasteiger partial charge is 0.354 e. The lowest BCUT2D eigenvalue weighted by Crippen LogP contribution is -2.65. The molecule has 0 aromatic carbocycles. The van der Waals surface area contributed by atoms with Crippen LogP contribution in [0.15, 0.2) is 18.6 Å². The van der Waals surface area contributed by atoms with Gasteiger partial charge in [0, 0.05) is 31.4 Å². The Morgan fingerprint density at radius 2 is 2.21 bits per heavy atom. The molecule has 0 radical (unpaired) electrons. The number of nitrogens with one attached hydrogen (secondary N) is 1. The Morgan fingerprint density at radius 1 is 1.26 bits per heavy atom. The van der Waals surface area contributed by atoms with E-state index in [0.29, 0.717) is 5.54 Å². The molecule has 2 saturated heterocycles. The SMILES string of the molecule is CN1CCC12CCCN(c1ncnc3[nH]ccc13)C2. The molecule has 1 spiro atoms.